The highest BCUT2D eigenvalue weighted by atomic mass is 32.2. The molecule has 0 radical (unpaired) electrons. The van der Waals surface area contributed by atoms with E-state index < -0.39 is 16.0 Å². The molecule has 0 aliphatic carbocycles. The van der Waals surface area contributed by atoms with Gasteiger partial charge in [0, 0.05) is 12.0 Å². The number of carboxylic acids is 1. The van der Waals surface area contributed by atoms with E-state index in [4.69, 9.17) is 5.11 Å². The summed E-state index contributed by atoms with van der Waals surface area (Å²) in [5, 5.41) is 9.64. The molecule has 0 fully saturated rings. The van der Waals surface area contributed by atoms with Crippen LogP contribution in [0.4, 0.5) is 0 Å². The summed E-state index contributed by atoms with van der Waals surface area (Å²) < 4.78 is 25.4. The molecule has 0 rings (SSSR count). The normalized spacial score (nSPS) is 12.0. The van der Waals surface area contributed by atoms with Gasteiger partial charge >= 0.3 is 5.97 Å². The molecule has 28 heavy (non-hydrogen) atoms. The number of carboxylic acid groups (broad SMARTS) is 1. The number of aliphatic carboxylic acids is 1. The Kier molecular flexibility index (Phi) is 18.8. The number of nitrogens with one attached hydrogen (secondary N) is 1. The molecule has 0 atom stereocenters. The molecule has 0 aromatic carbocycles. The highest BCUT2D eigenvalue weighted by Crippen LogP contribution is 2.13. The van der Waals surface area contributed by atoms with Gasteiger partial charge in [-0.05, 0) is 12.8 Å². The van der Waals surface area contributed by atoms with E-state index in [9.17, 15) is 13.2 Å². The smallest absolute Gasteiger partial charge is 0.304 e. The molecular formula is C22H43NO4S. The number of hydrogen-bond donors (Lipinski definition) is 2. The molecule has 0 heterocycles. The fourth-order valence-corrected chi connectivity index (χ4v) is 4.05. The van der Waals surface area contributed by atoms with Gasteiger partial charge in [-0.15, -0.1) is 0 Å². The molecule has 0 spiro atoms. The summed E-state index contributed by atoms with van der Waals surface area (Å²) in [5.41, 5.74) is 0. The van der Waals surface area contributed by atoms with Gasteiger partial charge in [0.15, 0.2) is 0 Å². The predicted octanol–water partition coefficient (Wildman–Crippen LogP) is 6.16. The maximum atomic E-state index is 11.6. The van der Waals surface area contributed by atoms with Crippen molar-refractivity contribution < 1.29 is 18.3 Å². The largest absolute Gasteiger partial charge is 0.481 e. The first kappa shape index (κ1) is 27.1. The zero-order valence-electron chi connectivity index (χ0n) is 18.0. The maximum absolute atomic E-state index is 11.6. The first-order valence-corrected chi connectivity index (χ1v) is 12.9. The van der Waals surface area contributed by atoms with E-state index in [1.807, 2.05) is 0 Å². The van der Waals surface area contributed by atoms with Crippen LogP contribution in [0.15, 0.2) is 11.5 Å². The van der Waals surface area contributed by atoms with Crippen LogP contribution in [0, 0.1) is 0 Å². The lowest BCUT2D eigenvalue weighted by molar-refractivity contribution is -0.136. The van der Waals surface area contributed by atoms with Gasteiger partial charge in [0.1, 0.15) is 0 Å². The molecule has 6 heteroatoms. The second-order valence-electron chi connectivity index (χ2n) is 7.69. The van der Waals surface area contributed by atoms with E-state index in [0.717, 1.165) is 24.7 Å². The molecule has 0 unspecified atom stereocenters. The summed E-state index contributed by atoms with van der Waals surface area (Å²) in [6, 6.07) is 0. The van der Waals surface area contributed by atoms with Crippen LogP contribution in [0.1, 0.15) is 116 Å². The van der Waals surface area contributed by atoms with Crippen molar-refractivity contribution in [1.82, 2.24) is 4.72 Å². The van der Waals surface area contributed by atoms with E-state index in [1.54, 1.807) is 6.08 Å². The molecule has 166 valence electrons. The number of unbranched alkanes of at least 4 members (excludes halogenated alkanes) is 15. The third-order valence-corrected chi connectivity index (χ3v) is 6.05. The first-order valence-electron chi connectivity index (χ1n) is 11.4. The Morgan fingerprint density at radius 1 is 0.786 bits per heavy atom. The van der Waals surface area contributed by atoms with Crippen LogP contribution in [0.5, 0.6) is 0 Å². The summed E-state index contributed by atoms with van der Waals surface area (Å²) >= 11 is 0. The molecule has 0 saturated heterocycles. The third kappa shape index (κ3) is 21.4. The van der Waals surface area contributed by atoms with Crippen LogP contribution in [0.3, 0.4) is 0 Å². The van der Waals surface area contributed by atoms with E-state index in [2.05, 4.69) is 11.6 Å². The predicted molar refractivity (Wildman–Crippen MR) is 118 cm³/mol. The standard InChI is InChI=1S/C22H43NO4S/c1-2-3-4-5-6-7-8-9-10-11-12-13-14-15-16-17-18-21-28(26,27)23-20-19-22(24)25/h18,21,23H,2-17,19-20H2,1H3,(H,24,25)/b21-18+. The fraction of sp³-hybridized carbons (Fsp3) is 0.864. The van der Waals surface area contributed by atoms with Crippen LogP contribution < -0.4 is 4.72 Å². The van der Waals surface area contributed by atoms with Gasteiger partial charge in [-0.2, -0.15) is 0 Å². The molecule has 2 N–H and O–H groups in total. The average Bonchev–Trinajstić information content (AvgIpc) is 2.63. The molecule has 5 nitrogen and oxygen atoms in total. The van der Waals surface area contributed by atoms with Crippen molar-refractivity contribution in [3.63, 3.8) is 0 Å². The summed E-state index contributed by atoms with van der Waals surface area (Å²) in [7, 11) is -3.49. The van der Waals surface area contributed by atoms with Crippen LogP contribution in [-0.2, 0) is 14.8 Å². The minimum absolute atomic E-state index is 0.0685. The number of carbonyl (C=O) groups is 1. The molecule has 0 aromatic heterocycles. The Labute approximate surface area is 173 Å². The minimum atomic E-state index is -3.49. The van der Waals surface area contributed by atoms with Gasteiger partial charge in [0.2, 0.25) is 10.0 Å². The molecule has 0 bridgehead atoms. The minimum Gasteiger partial charge on any atom is -0.481 e. The zero-order chi connectivity index (χ0) is 20.9. The molecule has 0 saturated carbocycles. The molecule has 0 aliphatic heterocycles. The van der Waals surface area contributed by atoms with Crippen molar-refractivity contribution in [2.24, 2.45) is 0 Å². The Hall–Kier alpha value is -0.880. The molecular weight excluding hydrogens is 374 g/mol. The number of sulfonamides is 1. The zero-order valence-corrected chi connectivity index (χ0v) is 18.8. The summed E-state index contributed by atoms with van der Waals surface area (Å²) in [5.74, 6) is -1.01. The van der Waals surface area contributed by atoms with Gasteiger partial charge < -0.3 is 5.11 Å². The van der Waals surface area contributed by atoms with Crippen LogP contribution in [0.25, 0.3) is 0 Å². The highest BCUT2D eigenvalue weighted by Gasteiger charge is 2.05. The Morgan fingerprint density at radius 2 is 1.21 bits per heavy atom. The van der Waals surface area contributed by atoms with Crippen LogP contribution >= 0.6 is 0 Å². The monoisotopic (exact) mass is 417 g/mol. The van der Waals surface area contributed by atoms with Crippen molar-refractivity contribution in [1.29, 1.82) is 0 Å². The first-order chi connectivity index (χ1) is 13.5. The average molecular weight is 418 g/mol. The fourth-order valence-electron chi connectivity index (χ4n) is 3.18. The van der Waals surface area contributed by atoms with E-state index in [-0.39, 0.29) is 13.0 Å². The van der Waals surface area contributed by atoms with Gasteiger partial charge in [-0.25, -0.2) is 13.1 Å². The summed E-state index contributed by atoms with van der Waals surface area (Å²) in [6.45, 7) is 2.19. The van der Waals surface area contributed by atoms with Crippen molar-refractivity contribution in [2.75, 3.05) is 6.54 Å². The number of hydrogen-bond acceptors (Lipinski definition) is 3. The van der Waals surface area contributed by atoms with Crippen LogP contribution in [0.2, 0.25) is 0 Å². The molecule has 0 aromatic rings. The quantitative estimate of drug-likeness (QED) is 0.219. The van der Waals surface area contributed by atoms with Gasteiger partial charge in [0.05, 0.1) is 6.42 Å². The van der Waals surface area contributed by atoms with Crippen LogP contribution in [-0.4, -0.2) is 26.0 Å². The Balaban J connectivity index is 3.34. The molecule has 0 amide bonds. The van der Waals surface area contributed by atoms with E-state index >= 15 is 0 Å². The summed E-state index contributed by atoms with van der Waals surface area (Å²) in [4.78, 5) is 10.4. The Bertz CT molecular complexity index is 489. The van der Waals surface area contributed by atoms with Gasteiger partial charge in [0.25, 0.3) is 0 Å². The van der Waals surface area contributed by atoms with Crippen molar-refractivity contribution in [2.45, 2.75) is 116 Å². The number of rotatable bonds is 21. The molecule has 0 aliphatic rings. The lowest BCUT2D eigenvalue weighted by Crippen LogP contribution is -2.24. The highest BCUT2D eigenvalue weighted by molar-refractivity contribution is 7.92. The van der Waals surface area contributed by atoms with Crippen molar-refractivity contribution >= 4 is 16.0 Å². The van der Waals surface area contributed by atoms with Crippen molar-refractivity contribution in [3.8, 4) is 0 Å². The van der Waals surface area contributed by atoms with Gasteiger partial charge in [-0.3, -0.25) is 4.79 Å². The second-order valence-corrected chi connectivity index (χ2v) is 9.34. The lowest BCUT2D eigenvalue weighted by Gasteiger charge is -2.03. The summed E-state index contributed by atoms with van der Waals surface area (Å²) in [6.07, 6.45) is 22.0. The van der Waals surface area contributed by atoms with Crippen molar-refractivity contribution in [3.05, 3.63) is 11.5 Å². The van der Waals surface area contributed by atoms with Gasteiger partial charge in [-0.1, -0.05) is 103 Å². The SMILES string of the molecule is CCCCCCCCCCCCCCCCC/C=C/S(=O)(=O)NCCC(=O)O. The lowest BCUT2D eigenvalue weighted by atomic mass is 10.0. The second kappa shape index (κ2) is 19.4. The Morgan fingerprint density at radius 3 is 1.64 bits per heavy atom. The van der Waals surface area contributed by atoms with E-state index in [1.165, 1.54) is 83.5 Å². The third-order valence-electron chi connectivity index (χ3n) is 4.89. The maximum Gasteiger partial charge on any atom is 0.304 e. The van der Waals surface area contributed by atoms with E-state index in [0.29, 0.717) is 0 Å². The number of allylic oxidation sites excluding steroid dienone is 1. The topological polar surface area (TPSA) is 83.5 Å².